The van der Waals surface area contributed by atoms with Gasteiger partial charge in [0.2, 0.25) is 0 Å². The van der Waals surface area contributed by atoms with Crippen molar-refractivity contribution >= 4 is 0 Å². The van der Waals surface area contributed by atoms with E-state index in [4.69, 9.17) is 4.74 Å². The molecule has 1 N–H and O–H groups in total. The Hall–Kier alpha value is -4.14. The van der Waals surface area contributed by atoms with Crippen LogP contribution in [-0.2, 0) is 32.1 Å². The molecule has 0 unspecified atom stereocenters. The van der Waals surface area contributed by atoms with Crippen molar-refractivity contribution < 1.29 is 4.74 Å². The van der Waals surface area contributed by atoms with Crippen LogP contribution in [0.3, 0.4) is 0 Å². The van der Waals surface area contributed by atoms with Crippen LogP contribution in [0.25, 0.3) is 11.1 Å². The lowest BCUT2D eigenvalue weighted by Gasteiger charge is -2.06. The SMILES string of the molecule is CCCCCCCCCCC.CCCCCCCCCCNCCC.CCCCCCCCOc1ccc(CC)cc1.CCCCCCCCc1ccc(CC)cc1.CCc1ccc(-c2ccc(C)cc2)cc1.CCc1ccccc1. The molecule has 0 spiro atoms. The largest absolute Gasteiger partial charge is 0.494 e. The molecule has 0 saturated heterocycles. The van der Waals surface area contributed by atoms with Gasteiger partial charge in [-0.25, -0.2) is 0 Å². The molecule has 5 aromatic rings. The summed E-state index contributed by atoms with van der Waals surface area (Å²) in [5, 5.41) is 3.45. The lowest BCUT2D eigenvalue weighted by Crippen LogP contribution is -2.15. The van der Waals surface area contributed by atoms with Crippen LogP contribution in [0.2, 0.25) is 0 Å². The third kappa shape index (κ3) is 49.0. The monoisotopic (exact) mass is 1110 g/mol. The fourth-order valence-corrected chi connectivity index (χ4v) is 9.41. The van der Waals surface area contributed by atoms with Gasteiger partial charge in [-0.05, 0) is 129 Å². The van der Waals surface area contributed by atoms with E-state index < -0.39 is 0 Å². The molecule has 0 aromatic heterocycles. The first-order valence-corrected chi connectivity index (χ1v) is 34.5. The predicted molar refractivity (Wildman–Crippen MR) is 368 cm³/mol. The fraction of sp³-hybridized carbons (Fsp3) is 0.620. The Labute approximate surface area is 505 Å². The molecule has 0 saturated carbocycles. The molecular formula is C79H131NO. The molecule has 5 aromatic carbocycles. The van der Waals surface area contributed by atoms with Gasteiger partial charge in [-0.2, -0.15) is 0 Å². The second-order valence-electron chi connectivity index (χ2n) is 22.8. The molecular weight excluding hydrogens is 979 g/mol. The van der Waals surface area contributed by atoms with E-state index in [9.17, 15) is 0 Å². The van der Waals surface area contributed by atoms with Gasteiger partial charge in [0.05, 0.1) is 6.61 Å². The summed E-state index contributed by atoms with van der Waals surface area (Å²) in [6, 6.07) is 45.5. The average molecular weight is 1110 g/mol. The number of unbranched alkanes of at least 4 members (excludes halogenated alkanes) is 25. The maximum absolute atomic E-state index is 5.71. The zero-order chi connectivity index (χ0) is 59.3. The summed E-state index contributed by atoms with van der Waals surface area (Å²) in [5.41, 5.74) is 11.0. The minimum Gasteiger partial charge on any atom is -0.494 e. The minimum atomic E-state index is 0.859. The quantitative estimate of drug-likeness (QED) is 0.0396. The van der Waals surface area contributed by atoms with Gasteiger partial charge in [0, 0.05) is 0 Å². The second kappa shape index (κ2) is 60.5. The Morgan fingerprint density at radius 3 is 0.975 bits per heavy atom. The number of ether oxygens (including phenoxy) is 1. The van der Waals surface area contributed by atoms with Crippen LogP contribution in [-0.4, -0.2) is 19.7 Å². The van der Waals surface area contributed by atoms with Crippen molar-refractivity contribution in [2.45, 2.75) is 301 Å². The van der Waals surface area contributed by atoms with Gasteiger partial charge in [0.25, 0.3) is 0 Å². The van der Waals surface area contributed by atoms with Crippen molar-refractivity contribution in [2.75, 3.05) is 19.7 Å². The highest BCUT2D eigenvalue weighted by atomic mass is 16.5. The zero-order valence-electron chi connectivity index (χ0n) is 55.4. The molecule has 81 heavy (non-hydrogen) atoms. The molecule has 5 rings (SSSR count). The van der Waals surface area contributed by atoms with Crippen LogP contribution >= 0.6 is 0 Å². The third-order valence-electron chi connectivity index (χ3n) is 15.2. The first-order chi connectivity index (χ1) is 39.8. The van der Waals surface area contributed by atoms with Crippen molar-refractivity contribution in [3.05, 3.63) is 161 Å². The third-order valence-corrected chi connectivity index (χ3v) is 15.2. The maximum Gasteiger partial charge on any atom is 0.119 e. The van der Waals surface area contributed by atoms with Crippen LogP contribution in [0, 0.1) is 6.92 Å². The van der Waals surface area contributed by atoms with Gasteiger partial charge in [0.15, 0.2) is 0 Å². The van der Waals surface area contributed by atoms with Gasteiger partial charge in [0.1, 0.15) is 5.75 Å². The second-order valence-corrected chi connectivity index (χ2v) is 22.8. The van der Waals surface area contributed by atoms with E-state index in [0.717, 1.165) is 38.0 Å². The van der Waals surface area contributed by atoms with Crippen LogP contribution in [0.4, 0.5) is 0 Å². The van der Waals surface area contributed by atoms with Crippen LogP contribution in [0.1, 0.15) is 295 Å². The Morgan fingerprint density at radius 2 is 0.593 bits per heavy atom. The fourth-order valence-electron chi connectivity index (χ4n) is 9.41. The molecule has 2 heteroatoms. The highest BCUT2D eigenvalue weighted by Crippen LogP contribution is 2.21. The predicted octanol–water partition coefficient (Wildman–Crippen LogP) is 25.3. The molecule has 0 radical (unpaired) electrons. The van der Waals surface area contributed by atoms with Gasteiger partial charge in [-0.3, -0.25) is 0 Å². The van der Waals surface area contributed by atoms with Gasteiger partial charge in [-0.15, -0.1) is 0 Å². The van der Waals surface area contributed by atoms with E-state index in [-0.39, 0.29) is 0 Å². The molecule has 0 bridgehead atoms. The molecule has 0 aliphatic carbocycles. The van der Waals surface area contributed by atoms with Gasteiger partial charge in [-0.1, -0.05) is 357 Å². The van der Waals surface area contributed by atoms with Crippen LogP contribution < -0.4 is 10.1 Å². The van der Waals surface area contributed by atoms with E-state index in [1.54, 1.807) is 0 Å². The molecule has 0 amide bonds. The van der Waals surface area contributed by atoms with E-state index >= 15 is 0 Å². The molecule has 0 heterocycles. The van der Waals surface area contributed by atoms with Crippen molar-refractivity contribution in [3.8, 4) is 16.9 Å². The van der Waals surface area contributed by atoms with Crippen molar-refractivity contribution in [3.63, 3.8) is 0 Å². The summed E-state index contributed by atoms with van der Waals surface area (Å²) < 4.78 is 5.71. The average Bonchev–Trinajstić information content (AvgIpc) is 3.52. The number of hydrogen-bond donors (Lipinski definition) is 1. The molecule has 458 valence electrons. The smallest absolute Gasteiger partial charge is 0.119 e. The Morgan fingerprint density at radius 1 is 0.272 bits per heavy atom. The molecule has 0 aliphatic heterocycles. The topological polar surface area (TPSA) is 21.3 Å². The highest BCUT2D eigenvalue weighted by Gasteiger charge is 1.99. The normalized spacial score (nSPS) is 10.4. The summed E-state index contributed by atoms with van der Waals surface area (Å²) in [5.74, 6) is 1.01. The standard InChI is InChI=1S/C16H26O.C16H26.C15H16.C13H29N.C11H24.C8H10/c1-3-5-6-7-8-9-14-17-16-12-10-15(4-2)11-13-16;1-3-5-6-7-8-9-10-16-13-11-15(4-2)12-14-16;1-3-13-6-10-15(11-7-13)14-8-4-12(2)5-9-14;1-3-5-6-7-8-9-10-11-13-14-12-4-2;1-3-5-7-9-11-10-8-6-4-2;1-2-8-6-4-3-5-7-8/h10-13H,3-9,14H2,1-2H3;11-14H,3-10H2,1-2H3;4-11H,3H2,1-2H3;14H,3-13H2,1-2H3;3-11H2,1-2H3;3-7H,2H2,1H3. The summed E-state index contributed by atoms with van der Waals surface area (Å²) in [4.78, 5) is 0. The Bertz CT molecular complexity index is 1930. The minimum absolute atomic E-state index is 0.859. The summed E-state index contributed by atoms with van der Waals surface area (Å²) in [6.45, 7) is 27.7. The summed E-state index contributed by atoms with van der Waals surface area (Å²) in [7, 11) is 0. The van der Waals surface area contributed by atoms with Crippen molar-refractivity contribution in [2.24, 2.45) is 0 Å². The number of benzene rings is 5. The van der Waals surface area contributed by atoms with E-state index in [0.29, 0.717) is 0 Å². The van der Waals surface area contributed by atoms with Crippen LogP contribution in [0.15, 0.2) is 127 Å². The molecule has 0 aliphatic rings. The van der Waals surface area contributed by atoms with E-state index in [1.165, 1.54) is 257 Å². The first-order valence-electron chi connectivity index (χ1n) is 34.5. The Kier molecular flexibility index (Phi) is 57.4. The maximum atomic E-state index is 5.71. The number of nitrogens with one attached hydrogen (secondary N) is 1. The van der Waals surface area contributed by atoms with Crippen molar-refractivity contribution in [1.29, 1.82) is 0 Å². The van der Waals surface area contributed by atoms with Gasteiger partial charge < -0.3 is 10.1 Å². The summed E-state index contributed by atoms with van der Waals surface area (Å²) in [6.07, 6.45) is 47.6. The van der Waals surface area contributed by atoms with Crippen molar-refractivity contribution in [1.82, 2.24) is 5.32 Å². The molecule has 2 nitrogen and oxygen atoms in total. The first kappa shape index (κ1) is 76.9. The molecule has 0 fully saturated rings. The molecule has 0 atom stereocenters. The highest BCUT2D eigenvalue weighted by molar-refractivity contribution is 5.63. The van der Waals surface area contributed by atoms with Crippen LogP contribution in [0.5, 0.6) is 5.75 Å². The Balaban J connectivity index is 0.000000961. The number of rotatable bonds is 39. The zero-order valence-corrected chi connectivity index (χ0v) is 55.4. The van der Waals surface area contributed by atoms with Gasteiger partial charge >= 0.3 is 0 Å². The lowest BCUT2D eigenvalue weighted by molar-refractivity contribution is 0.304. The number of hydrogen-bond acceptors (Lipinski definition) is 2. The van der Waals surface area contributed by atoms with E-state index in [2.05, 4.69) is 203 Å². The number of aryl methyl sites for hydroxylation is 6. The lowest BCUT2D eigenvalue weighted by atomic mass is 10.0. The van der Waals surface area contributed by atoms with E-state index in [1.807, 2.05) is 6.07 Å². The summed E-state index contributed by atoms with van der Waals surface area (Å²) >= 11 is 0.